The number of nitrogens with zero attached hydrogens (tertiary/aromatic N) is 2. The maximum Gasteiger partial charge on any atom is 0.325 e. The van der Waals surface area contributed by atoms with E-state index in [4.69, 9.17) is 0 Å². The lowest BCUT2D eigenvalue weighted by Crippen LogP contribution is -2.47. The molecule has 1 aliphatic rings. The highest BCUT2D eigenvalue weighted by atomic mass is 32.2. The van der Waals surface area contributed by atoms with Gasteiger partial charge in [0.1, 0.15) is 6.04 Å². The number of carboxylic acid groups (broad SMARTS) is 1. The molecule has 2 heterocycles. The number of benzene rings is 1. The minimum absolute atomic E-state index is 0.161. The second-order valence-corrected chi connectivity index (χ2v) is 8.26. The van der Waals surface area contributed by atoms with Gasteiger partial charge in [0.25, 0.3) is 0 Å². The Hall–Kier alpha value is -2.45. The van der Waals surface area contributed by atoms with Crippen LogP contribution in [0.25, 0.3) is 0 Å². The summed E-state index contributed by atoms with van der Waals surface area (Å²) in [7, 11) is -3.61. The van der Waals surface area contributed by atoms with Crippen molar-refractivity contribution in [1.29, 1.82) is 0 Å². The number of para-hydroxylation sites is 1. The number of anilines is 1. The van der Waals surface area contributed by atoms with Crippen LogP contribution in [0, 0.1) is 0 Å². The average Bonchev–Trinajstić information content (AvgIpc) is 2.63. The fourth-order valence-corrected chi connectivity index (χ4v) is 4.75. The topological polar surface area (TPSA) is 99.6 Å². The van der Waals surface area contributed by atoms with E-state index in [1.165, 1.54) is 6.20 Å². The number of hydrogen-bond acceptors (Lipinski definition) is 5. The summed E-state index contributed by atoms with van der Waals surface area (Å²) in [5, 5.41) is 9.00. The molecular weight excluding hydrogens is 354 g/mol. The monoisotopic (exact) mass is 375 g/mol. The lowest BCUT2D eigenvalue weighted by Gasteiger charge is -2.36. The van der Waals surface area contributed by atoms with Crippen molar-refractivity contribution >= 4 is 21.7 Å². The molecule has 2 N–H and O–H groups in total. The van der Waals surface area contributed by atoms with Gasteiger partial charge in [-0.1, -0.05) is 24.3 Å². The lowest BCUT2D eigenvalue weighted by molar-refractivity contribution is -0.144. The predicted octanol–water partition coefficient (Wildman–Crippen LogP) is 2.11. The van der Waals surface area contributed by atoms with E-state index in [0.717, 1.165) is 0 Å². The van der Waals surface area contributed by atoms with E-state index in [-0.39, 0.29) is 6.54 Å². The zero-order valence-electron chi connectivity index (χ0n) is 14.2. The number of aliphatic carboxylic acids is 1. The van der Waals surface area contributed by atoms with Gasteiger partial charge in [0.15, 0.2) is 0 Å². The number of sulfonamides is 1. The van der Waals surface area contributed by atoms with Crippen LogP contribution in [0.2, 0.25) is 0 Å². The van der Waals surface area contributed by atoms with Gasteiger partial charge in [-0.25, -0.2) is 8.42 Å². The highest BCUT2D eigenvalue weighted by Gasteiger charge is 2.36. The van der Waals surface area contributed by atoms with Crippen LogP contribution in [0.15, 0.2) is 54.9 Å². The minimum Gasteiger partial charge on any atom is -0.480 e. The Labute approximate surface area is 152 Å². The molecule has 1 aromatic heterocycles. The normalized spacial score (nSPS) is 19.6. The van der Waals surface area contributed by atoms with Crippen LogP contribution in [0.4, 0.5) is 5.69 Å². The fraction of sp³-hybridized carbons (Fsp3) is 0.333. The fourth-order valence-electron chi connectivity index (χ4n) is 3.26. The third-order valence-electron chi connectivity index (χ3n) is 4.48. The lowest BCUT2D eigenvalue weighted by atomic mass is 10.0. The molecule has 0 aliphatic carbocycles. The second kappa shape index (κ2) is 7.84. The standard InChI is InChI=1S/C18H21N3O4S/c22-18(23)17(14-6-4-10-19-12-14)21-11-5-9-16(13-21)26(24,25)20-15-7-2-1-3-8-15/h1-4,6-8,10,12,16-17,20H,5,9,11,13H2,(H,22,23). The Morgan fingerprint density at radius 2 is 2.00 bits per heavy atom. The summed E-state index contributed by atoms with van der Waals surface area (Å²) in [6.07, 6.45) is 4.21. The van der Waals surface area contributed by atoms with E-state index < -0.39 is 27.3 Å². The Bertz CT molecular complexity index is 843. The Morgan fingerprint density at radius 1 is 1.23 bits per heavy atom. The Kier molecular flexibility index (Phi) is 5.53. The van der Waals surface area contributed by atoms with Crippen molar-refractivity contribution < 1.29 is 18.3 Å². The molecule has 0 spiro atoms. The van der Waals surface area contributed by atoms with E-state index >= 15 is 0 Å². The molecule has 138 valence electrons. The van der Waals surface area contributed by atoms with E-state index in [1.54, 1.807) is 47.5 Å². The van der Waals surface area contributed by atoms with E-state index in [1.807, 2.05) is 6.07 Å². The van der Waals surface area contributed by atoms with Crippen molar-refractivity contribution in [3.05, 3.63) is 60.4 Å². The zero-order chi connectivity index (χ0) is 18.6. The smallest absolute Gasteiger partial charge is 0.325 e. The Balaban J connectivity index is 1.78. The van der Waals surface area contributed by atoms with Gasteiger partial charge in [0.05, 0.1) is 5.25 Å². The summed E-state index contributed by atoms with van der Waals surface area (Å²) in [4.78, 5) is 17.5. The number of aromatic nitrogens is 1. The molecule has 0 radical (unpaired) electrons. The molecule has 1 fully saturated rings. The van der Waals surface area contributed by atoms with Crippen LogP contribution in [-0.2, 0) is 14.8 Å². The summed E-state index contributed by atoms with van der Waals surface area (Å²) in [6.45, 7) is 0.692. The molecule has 26 heavy (non-hydrogen) atoms. The van der Waals surface area contributed by atoms with Gasteiger partial charge >= 0.3 is 5.97 Å². The van der Waals surface area contributed by atoms with Gasteiger partial charge in [0.2, 0.25) is 10.0 Å². The number of carbonyl (C=O) groups is 1. The van der Waals surface area contributed by atoms with Gasteiger partial charge in [-0.3, -0.25) is 19.4 Å². The van der Waals surface area contributed by atoms with Crippen molar-refractivity contribution in [2.75, 3.05) is 17.8 Å². The first-order valence-corrected chi connectivity index (χ1v) is 9.95. The molecule has 2 atom stereocenters. The third kappa shape index (κ3) is 4.20. The van der Waals surface area contributed by atoms with E-state index in [9.17, 15) is 18.3 Å². The van der Waals surface area contributed by atoms with Gasteiger partial charge in [-0.05, 0) is 43.1 Å². The molecule has 8 heteroatoms. The van der Waals surface area contributed by atoms with E-state index in [2.05, 4.69) is 9.71 Å². The molecule has 1 saturated heterocycles. The summed E-state index contributed by atoms with van der Waals surface area (Å²) in [5.74, 6) is -1.01. The van der Waals surface area contributed by atoms with Crippen molar-refractivity contribution in [2.24, 2.45) is 0 Å². The highest BCUT2D eigenvalue weighted by molar-refractivity contribution is 7.93. The van der Waals surface area contributed by atoms with E-state index in [0.29, 0.717) is 30.6 Å². The molecule has 2 aromatic rings. The van der Waals surface area contributed by atoms with Crippen LogP contribution in [0.5, 0.6) is 0 Å². The maximum atomic E-state index is 12.7. The molecule has 7 nitrogen and oxygen atoms in total. The van der Waals surface area contributed by atoms with Crippen molar-refractivity contribution in [2.45, 2.75) is 24.1 Å². The third-order valence-corrected chi connectivity index (χ3v) is 6.26. The van der Waals surface area contributed by atoms with Crippen molar-refractivity contribution in [1.82, 2.24) is 9.88 Å². The summed E-state index contributed by atoms with van der Waals surface area (Å²) in [5.41, 5.74) is 1.06. The first kappa shape index (κ1) is 18.3. The number of rotatable bonds is 6. The molecule has 1 aromatic carbocycles. The summed E-state index contributed by atoms with van der Waals surface area (Å²) >= 11 is 0. The molecule has 1 aliphatic heterocycles. The zero-order valence-corrected chi connectivity index (χ0v) is 15.0. The van der Waals surface area contributed by atoms with Crippen LogP contribution in [-0.4, -0.2) is 47.7 Å². The Morgan fingerprint density at radius 3 is 2.65 bits per heavy atom. The number of pyridine rings is 1. The van der Waals surface area contributed by atoms with Crippen LogP contribution in [0.1, 0.15) is 24.4 Å². The number of hydrogen-bond donors (Lipinski definition) is 2. The van der Waals surface area contributed by atoms with Crippen LogP contribution < -0.4 is 4.72 Å². The number of likely N-dealkylation sites (tertiary alicyclic amines) is 1. The minimum atomic E-state index is -3.61. The quantitative estimate of drug-likeness (QED) is 0.802. The molecule has 0 bridgehead atoms. The highest BCUT2D eigenvalue weighted by Crippen LogP contribution is 2.27. The first-order valence-electron chi connectivity index (χ1n) is 8.41. The van der Waals surface area contributed by atoms with Crippen LogP contribution >= 0.6 is 0 Å². The first-order chi connectivity index (χ1) is 12.5. The van der Waals surface area contributed by atoms with Crippen molar-refractivity contribution in [3.8, 4) is 0 Å². The molecule has 3 rings (SSSR count). The molecule has 0 saturated carbocycles. The van der Waals surface area contributed by atoms with Crippen molar-refractivity contribution in [3.63, 3.8) is 0 Å². The SMILES string of the molecule is O=C(O)C(c1cccnc1)N1CCCC(S(=O)(=O)Nc2ccccc2)C1. The van der Waals surface area contributed by atoms with Gasteiger partial charge in [-0.15, -0.1) is 0 Å². The summed E-state index contributed by atoms with van der Waals surface area (Å²) < 4.78 is 28.1. The largest absolute Gasteiger partial charge is 0.480 e. The summed E-state index contributed by atoms with van der Waals surface area (Å²) in [6, 6.07) is 11.2. The van der Waals surface area contributed by atoms with Gasteiger partial charge in [0, 0.05) is 24.6 Å². The molecular formula is C18H21N3O4S. The molecule has 0 amide bonds. The van der Waals surface area contributed by atoms with Crippen LogP contribution in [0.3, 0.4) is 0 Å². The number of nitrogens with one attached hydrogen (secondary N) is 1. The molecule has 2 unspecified atom stereocenters. The van der Waals surface area contributed by atoms with Gasteiger partial charge in [-0.2, -0.15) is 0 Å². The van der Waals surface area contributed by atoms with Gasteiger partial charge < -0.3 is 5.11 Å². The predicted molar refractivity (Wildman–Crippen MR) is 98.2 cm³/mol. The number of piperidine rings is 1. The average molecular weight is 375 g/mol. The maximum absolute atomic E-state index is 12.7. The second-order valence-electron chi connectivity index (χ2n) is 6.30. The number of carboxylic acids is 1.